The highest BCUT2D eigenvalue weighted by molar-refractivity contribution is 6.09. The highest BCUT2D eigenvalue weighted by Crippen LogP contribution is 2.19. The summed E-state index contributed by atoms with van der Waals surface area (Å²) in [6, 6.07) is 18.3. The van der Waals surface area contributed by atoms with Crippen molar-refractivity contribution < 1.29 is 23.5 Å². The second-order valence-electron chi connectivity index (χ2n) is 6.02. The minimum Gasteiger partial charge on any atom is -0.494 e. The Balaban J connectivity index is 1.68. The molecule has 0 aliphatic heterocycles. The number of anilines is 1. The molecule has 0 aliphatic rings. The lowest BCUT2D eigenvalue weighted by molar-refractivity contribution is -0.112. The van der Waals surface area contributed by atoms with Gasteiger partial charge in [-0.2, -0.15) is 5.26 Å². The molecule has 7 nitrogen and oxygen atoms in total. The van der Waals surface area contributed by atoms with Crippen LogP contribution in [0, 0.1) is 11.3 Å². The molecule has 1 heterocycles. The van der Waals surface area contributed by atoms with Gasteiger partial charge in [0.05, 0.1) is 12.9 Å². The summed E-state index contributed by atoms with van der Waals surface area (Å²) in [5.41, 5.74) is 1.05. The quantitative estimate of drug-likeness (QED) is 0.271. The molecule has 0 aliphatic carbocycles. The summed E-state index contributed by atoms with van der Waals surface area (Å²) < 4.78 is 15.6. The number of carbonyl (C=O) groups excluding carboxylic acids is 2. The van der Waals surface area contributed by atoms with Crippen LogP contribution in [-0.4, -0.2) is 18.5 Å². The molecule has 0 fully saturated rings. The second kappa shape index (κ2) is 9.75. The zero-order chi connectivity index (χ0) is 21.3. The first-order valence-electron chi connectivity index (χ1n) is 9.11. The number of ether oxygens (including phenoxy) is 2. The first-order chi connectivity index (χ1) is 14.6. The first-order valence-corrected chi connectivity index (χ1v) is 9.11. The number of nitrogens with zero attached hydrogens (tertiary/aromatic N) is 1. The average Bonchev–Trinajstić information content (AvgIpc) is 3.29. The third-order valence-corrected chi connectivity index (χ3v) is 3.89. The molecule has 3 rings (SSSR count). The lowest BCUT2D eigenvalue weighted by atomic mass is 10.1. The standard InChI is InChI=1S/C23H18N2O5/c1-2-28-20-6-3-5-18(14-20)25-22(26)17(15-24)13-16-8-10-19(11-9-16)30-23(27)21-7-4-12-29-21/h3-14H,2H2,1H3,(H,25,26)/b17-13+. The van der Waals surface area contributed by atoms with Crippen LogP contribution in [0.2, 0.25) is 0 Å². The van der Waals surface area contributed by atoms with Crippen LogP contribution in [0.3, 0.4) is 0 Å². The van der Waals surface area contributed by atoms with Crippen molar-refractivity contribution in [2.45, 2.75) is 6.92 Å². The van der Waals surface area contributed by atoms with Gasteiger partial charge in [-0.15, -0.1) is 0 Å². The average molecular weight is 402 g/mol. The number of nitriles is 1. The molecule has 3 aromatic rings. The van der Waals surface area contributed by atoms with E-state index in [2.05, 4.69) is 5.32 Å². The molecule has 1 N–H and O–H groups in total. The van der Waals surface area contributed by atoms with Crippen molar-refractivity contribution in [2.24, 2.45) is 0 Å². The Hall–Kier alpha value is -4.31. The molecule has 0 spiro atoms. The van der Waals surface area contributed by atoms with E-state index < -0.39 is 11.9 Å². The molecule has 0 saturated carbocycles. The van der Waals surface area contributed by atoms with E-state index >= 15 is 0 Å². The molecule has 0 bridgehead atoms. The van der Waals surface area contributed by atoms with Gasteiger partial charge in [-0.25, -0.2) is 4.79 Å². The minimum atomic E-state index is -0.616. The monoisotopic (exact) mass is 402 g/mol. The highest BCUT2D eigenvalue weighted by atomic mass is 16.5. The molecular weight excluding hydrogens is 384 g/mol. The number of hydrogen-bond donors (Lipinski definition) is 1. The number of nitrogens with one attached hydrogen (secondary N) is 1. The summed E-state index contributed by atoms with van der Waals surface area (Å²) in [4.78, 5) is 24.3. The van der Waals surface area contributed by atoms with E-state index in [0.29, 0.717) is 29.4 Å². The number of esters is 1. The molecule has 0 atom stereocenters. The number of hydrogen-bond acceptors (Lipinski definition) is 6. The lowest BCUT2D eigenvalue weighted by Gasteiger charge is -2.07. The summed E-state index contributed by atoms with van der Waals surface area (Å²) in [7, 11) is 0. The zero-order valence-corrected chi connectivity index (χ0v) is 16.1. The third-order valence-electron chi connectivity index (χ3n) is 3.89. The summed E-state index contributed by atoms with van der Waals surface area (Å²) in [6.07, 6.45) is 2.83. The molecule has 2 aromatic carbocycles. The van der Waals surface area contributed by atoms with Crippen molar-refractivity contribution >= 4 is 23.6 Å². The van der Waals surface area contributed by atoms with Gasteiger partial charge in [-0.3, -0.25) is 4.79 Å². The fourth-order valence-corrected chi connectivity index (χ4v) is 2.53. The summed E-state index contributed by atoms with van der Waals surface area (Å²) in [6.45, 7) is 2.37. The van der Waals surface area contributed by atoms with Crippen LogP contribution in [0.5, 0.6) is 11.5 Å². The highest BCUT2D eigenvalue weighted by Gasteiger charge is 2.12. The van der Waals surface area contributed by atoms with Crippen LogP contribution in [0.1, 0.15) is 23.0 Å². The van der Waals surface area contributed by atoms with Gasteiger partial charge in [0.1, 0.15) is 23.1 Å². The Morgan fingerprint density at radius 3 is 2.57 bits per heavy atom. The number of amides is 1. The van der Waals surface area contributed by atoms with Crippen molar-refractivity contribution in [3.05, 3.63) is 83.8 Å². The van der Waals surface area contributed by atoms with Gasteiger partial charge in [0, 0.05) is 11.8 Å². The predicted octanol–water partition coefficient (Wildman–Crippen LogP) is 4.44. The van der Waals surface area contributed by atoms with Crippen molar-refractivity contribution in [1.82, 2.24) is 0 Å². The lowest BCUT2D eigenvalue weighted by Crippen LogP contribution is -2.13. The molecule has 150 valence electrons. The maximum atomic E-state index is 12.4. The van der Waals surface area contributed by atoms with E-state index in [9.17, 15) is 14.9 Å². The Morgan fingerprint density at radius 2 is 1.90 bits per heavy atom. The molecular formula is C23H18N2O5. The molecule has 0 unspecified atom stereocenters. The first kappa shape index (κ1) is 20.4. The van der Waals surface area contributed by atoms with Crippen LogP contribution < -0.4 is 14.8 Å². The van der Waals surface area contributed by atoms with Gasteiger partial charge in [0.2, 0.25) is 5.76 Å². The van der Waals surface area contributed by atoms with Gasteiger partial charge in [-0.05, 0) is 55.0 Å². The molecule has 30 heavy (non-hydrogen) atoms. The fourth-order valence-electron chi connectivity index (χ4n) is 2.53. The van der Waals surface area contributed by atoms with Gasteiger partial charge in [-0.1, -0.05) is 18.2 Å². The summed E-state index contributed by atoms with van der Waals surface area (Å²) >= 11 is 0. The van der Waals surface area contributed by atoms with E-state index in [1.165, 1.54) is 18.4 Å². The fraction of sp³-hybridized carbons (Fsp3) is 0.0870. The number of carbonyl (C=O) groups is 2. The number of furan rings is 1. The Morgan fingerprint density at radius 1 is 1.10 bits per heavy atom. The van der Waals surface area contributed by atoms with E-state index in [1.807, 2.05) is 13.0 Å². The Kier molecular flexibility index (Phi) is 6.64. The van der Waals surface area contributed by atoms with Gasteiger partial charge in [0.25, 0.3) is 5.91 Å². The summed E-state index contributed by atoms with van der Waals surface area (Å²) in [5, 5.41) is 12.0. The van der Waals surface area contributed by atoms with Crippen LogP contribution in [0.15, 0.2) is 76.9 Å². The zero-order valence-electron chi connectivity index (χ0n) is 16.1. The third kappa shape index (κ3) is 5.36. The maximum Gasteiger partial charge on any atom is 0.379 e. The van der Waals surface area contributed by atoms with Crippen molar-refractivity contribution in [2.75, 3.05) is 11.9 Å². The molecule has 0 saturated heterocycles. The smallest absolute Gasteiger partial charge is 0.379 e. The Bertz CT molecular complexity index is 1090. The molecule has 1 aromatic heterocycles. The SMILES string of the molecule is CCOc1cccc(NC(=O)/C(C#N)=C/c2ccc(OC(=O)c3ccco3)cc2)c1. The maximum absolute atomic E-state index is 12.4. The molecule has 7 heteroatoms. The number of benzene rings is 2. The van der Waals surface area contributed by atoms with Gasteiger partial charge in [0.15, 0.2) is 0 Å². The van der Waals surface area contributed by atoms with Crippen LogP contribution in [-0.2, 0) is 4.79 Å². The topological polar surface area (TPSA) is 102 Å². The number of rotatable bonds is 7. The van der Waals surface area contributed by atoms with Crippen molar-refractivity contribution in [3.63, 3.8) is 0 Å². The van der Waals surface area contributed by atoms with Crippen molar-refractivity contribution in [3.8, 4) is 17.6 Å². The summed E-state index contributed by atoms with van der Waals surface area (Å²) in [5.74, 6) is -0.133. The normalized spacial score (nSPS) is 10.7. The van der Waals surface area contributed by atoms with E-state index in [1.54, 1.807) is 54.6 Å². The van der Waals surface area contributed by atoms with Crippen LogP contribution in [0.4, 0.5) is 5.69 Å². The van der Waals surface area contributed by atoms with E-state index in [4.69, 9.17) is 13.9 Å². The second-order valence-corrected chi connectivity index (χ2v) is 6.02. The minimum absolute atomic E-state index is 0.0721. The Labute approximate surface area is 173 Å². The largest absolute Gasteiger partial charge is 0.494 e. The van der Waals surface area contributed by atoms with Crippen molar-refractivity contribution in [1.29, 1.82) is 5.26 Å². The van der Waals surface area contributed by atoms with Gasteiger partial charge >= 0.3 is 5.97 Å². The van der Waals surface area contributed by atoms with Crippen LogP contribution in [0.25, 0.3) is 6.08 Å². The van der Waals surface area contributed by atoms with Crippen LogP contribution >= 0.6 is 0 Å². The molecule has 1 amide bonds. The predicted molar refractivity (Wildman–Crippen MR) is 110 cm³/mol. The van der Waals surface area contributed by atoms with E-state index in [-0.39, 0.29) is 11.3 Å². The van der Waals surface area contributed by atoms with Gasteiger partial charge < -0.3 is 19.2 Å². The van der Waals surface area contributed by atoms with E-state index in [0.717, 1.165) is 0 Å². The molecule has 0 radical (unpaired) electrons.